The number of hydrogen-bond acceptors (Lipinski definition) is 2. The van der Waals surface area contributed by atoms with Gasteiger partial charge >= 0.3 is 5.69 Å². The van der Waals surface area contributed by atoms with Gasteiger partial charge < -0.3 is 0 Å². The van der Waals surface area contributed by atoms with Crippen molar-refractivity contribution in [1.82, 2.24) is 9.13 Å². The topological polar surface area (TPSA) is 44.0 Å². The molecule has 2 aromatic rings. The molecule has 0 radical (unpaired) electrons. The molecule has 0 saturated carbocycles. The van der Waals surface area contributed by atoms with Gasteiger partial charge in [0.1, 0.15) is 0 Å². The number of nitrogens with zero attached hydrogens (tertiary/aromatic N) is 2. The van der Waals surface area contributed by atoms with Crippen molar-refractivity contribution in [2.75, 3.05) is 0 Å². The average Bonchev–Trinajstić information content (AvgIpc) is 2.77. The van der Waals surface area contributed by atoms with Gasteiger partial charge in [0, 0.05) is 37.5 Å². The highest BCUT2D eigenvalue weighted by Crippen LogP contribution is 2.03. The fourth-order valence-electron chi connectivity index (χ4n) is 1.85. The van der Waals surface area contributed by atoms with Crippen molar-refractivity contribution in [2.24, 2.45) is 0 Å². The highest BCUT2D eigenvalue weighted by molar-refractivity contribution is 5.95. The van der Waals surface area contributed by atoms with Gasteiger partial charge in [0.2, 0.25) is 0 Å². The average molecular weight is 244 g/mol. The van der Waals surface area contributed by atoms with Crippen molar-refractivity contribution in [2.45, 2.75) is 26.4 Å². The second kappa shape index (κ2) is 5.49. The highest BCUT2D eigenvalue weighted by Gasteiger charge is 2.07. The van der Waals surface area contributed by atoms with Crippen LogP contribution in [0.1, 0.15) is 23.7 Å². The number of hydrogen-bond donors (Lipinski definition) is 0. The molecule has 0 saturated heterocycles. The molecular formula is C14H16N2O2. The van der Waals surface area contributed by atoms with E-state index in [9.17, 15) is 9.59 Å². The van der Waals surface area contributed by atoms with Crippen LogP contribution in [0, 0.1) is 0 Å². The quantitative estimate of drug-likeness (QED) is 0.754. The number of carbonyl (C=O) groups is 1. The third-order valence-corrected chi connectivity index (χ3v) is 2.93. The van der Waals surface area contributed by atoms with Crippen molar-refractivity contribution < 1.29 is 4.79 Å². The first-order chi connectivity index (χ1) is 8.72. The van der Waals surface area contributed by atoms with E-state index in [1.165, 1.54) is 0 Å². The largest absolute Gasteiger partial charge is 0.328 e. The van der Waals surface area contributed by atoms with E-state index >= 15 is 0 Å². The summed E-state index contributed by atoms with van der Waals surface area (Å²) < 4.78 is 3.19. The fourth-order valence-corrected chi connectivity index (χ4v) is 1.85. The number of benzene rings is 1. The summed E-state index contributed by atoms with van der Waals surface area (Å²) in [6, 6.07) is 9.15. The van der Waals surface area contributed by atoms with Crippen LogP contribution in [0.2, 0.25) is 0 Å². The van der Waals surface area contributed by atoms with E-state index in [2.05, 4.69) is 0 Å². The highest BCUT2D eigenvalue weighted by atomic mass is 16.2. The first kappa shape index (κ1) is 12.4. The molecule has 0 amide bonds. The molecule has 0 aliphatic rings. The maximum absolute atomic E-state index is 11.9. The van der Waals surface area contributed by atoms with Crippen LogP contribution in [0.25, 0.3) is 0 Å². The normalized spacial score (nSPS) is 10.5. The van der Waals surface area contributed by atoms with Crippen molar-refractivity contribution in [3.05, 3.63) is 58.8 Å². The number of carbonyl (C=O) groups excluding carboxylic acids is 1. The third kappa shape index (κ3) is 2.59. The molecule has 0 N–H and O–H groups in total. The van der Waals surface area contributed by atoms with E-state index in [1.807, 2.05) is 25.1 Å². The number of imidazole rings is 1. The Morgan fingerprint density at radius 2 is 1.78 bits per heavy atom. The van der Waals surface area contributed by atoms with E-state index in [1.54, 1.807) is 33.7 Å². The molecule has 0 fully saturated rings. The number of aromatic nitrogens is 2. The van der Waals surface area contributed by atoms with Gasteiger partial charge in [-0.3, -0.25) is 13.9 Å². The summed E-state index contributed by atoms with van der Waals surface area (Å²) in [4.78, 5) is 23.6. The number of ketones is 1. The van der Waals surface area contributed by atoms with E-state index in [4.69, 9.17) is 0 Å². The molecular weight excluding hydrogens is 228 g/mol. The molecule has 0 unspecified atom stereocenters. The van der Waals surface area contributed by atoms with Crippen LogP contribution in [0.3, 0.4) is 0 Å². The van der Waals surface area contributed by atoms with Crippen molar-refractivity contribution in [3.8, 4) is 0 Å². The zero-order valence-corrected chi connectivity index (χ0v) is 10.4. The smallest absolute Gasteiger partial charge is 0.300 e. The minimum absolute atomic E-state index is 0.0571. The number of rotatable bonds is 5. The Morgan fingerprint density at radius 3 is 2.39 bits per heavy atom. The van der Waals surface area contributed by atoms with E-state index in [0.29, 0.717) is 25.1 Å². The molecule has 2 rings (SSSR count). The molecule has 0 spiro atoms. The fraction of sp³-hybridized carbons (Fsp3) is 0.286. The van der Waals surface area contributed by atoms with E-state index in [-0.39, 0.29) is 11.5 Å². The molecule has 0 aliphatic carbocycles. The van der Waals surface area contributed by atoms with Gasteiger partial charge in [-0.2, -0.15) is 0 Å². The maximum Gasteiger partial charge on any atom is 0.328 e. The standard InChI is InChI=1S/C14H16N2O2/c1-2-15-10-11-16(14(15)18)9-8-13(17)12-6-4-3-5-7-12/h3-7,10-11H,2,8-9H2,1H3. The number of aryl methyl sites for hydroxylation is 2. The summed E-state index contributed by atoms with van der Waals surface area (Å²) in [5, 5.41) is 0. The lowest BCUT2D eigenvalue weighted by Gasteiger charge is -2.01. The molecule has 1 heterocycles. The molecule has 0 aliphatic heterocycles. The Balaban J connectivity index is 2.02. The molecule has 0 atom stereocenters. The Hall–Kier alpha value is -2.10. The van der Waals surface area contributed by atoms with Crippen LogP contribution in [0.4, 0.5) is 0 Å². The minimum Gasteiger partial charge on any atom is -0.300 e. The van der Waals surface area contributed by atoms with Crippen LogP contribution < -0.4 is 5.69 Å². The first-order valence-electron chi connectivity index (χ1n) is 6.06. The molecule has 94 valence electrons. The predicted molar refractivity (Wildman–Crippen MR) is 69.8 cm³/mol. The molecule has 1 aromatic heterocycles. The Kier molecular flexibility index (Phi) is 3.77. The summed E-state index contributed by atoms with van der Waals surface area (Å²) in [7, 11) is 0. The maximum atomic E-state index is 11.9. The second-order valence-corrected chi connectivity index (χ2v) is 4.10. The minimum atomic E-state index is -0.0571. The first-order valence-corrected chi connectivity index (χ1v) is 6.06. The summed E-state index contributed by atoms with van der Waals surface area (Å²) in [6.45, 7) is 3.00. The van der Waals surface area contributed by atoms with Gasteiger partial charge in [-0.1, -0.05) is 30.3 Å². The zero-order valence-electron chi connectivity index (χ0n) is 10.4. The lowest BCUT2D eigenvalue weighted by atomic mass is 10.1. The molecule has 1 aromatic carbocycles. The molecule has 4 heteroatoms. The molecule has 4 nitrogen and oxygen atoms in total. The van der Waals surface area contributed by atoms with E-state index in [0.717, 1.165) is 0 Å². The Bertz CT molecular complexity index is 581. The molecule has 0 bridgehead atoms. The second-order valence-electron chi connectivity index (χ2n) is 4.10. The Labute approximate surface area is 105 Å². The van der Waals surface area contributed by atoms with Crippen LogP contribution in [0.5, 0.6) is 0 Å². The summed E-state index contributed by atoms with van der Waals surface area (Å²) in [6.07, 6.45) is 3.82. The Morgan fingerprint density at radius 1 is 1.11 bits per heavy atom. The van der Waals surface area contributed by atoms with Gasteiger partial charge in [-0.15, -0.1) is 0 Å². The van der Waals surface area contributed by atoms with Gasteiger partial charge in [0.05, 0.1) is 0 Å². The molecule has 18 heavy (non-hydrogen) atoms. The van der Waals surface area contributed by atoms with Crippen molar-refractivity contribution in [3.63, 3.8) is 0 Å². The summed E-state index contributed by atoms with van der Waals surface area (Å²) >= 11 is 0. The third-order valence-electron chi connectivity index (χ3n) is 2.93. The van der Waals surface area contributed by atoms with Crippen LogP contribution in [0.15, 0.2) is 47.5 Å². The predicted octanol–water partition coefficient (Wildman–Crippen LogP) is 1.94. The lowest BCUT2D eigenvalue weighted by Crippen LogP contribution is -2.24. The van der Waals surface area contributed by atoms with Crippen molar-refractivity contribution in [1.29, 1.82) is 0 Å². The van der Waals surface area contributed by atoms with E-state index < -0.39 is 0 Å². The van der Waals surface area contributed by atoms with Crippen LogP contribution in [-0.2, 0) is 13.1 Å². The lowest BCUT2D eigenvalue weighted by molar-refractivity contribution is 0.0976. The summed E-state index contributed by atoms with van der Waals surface area (Å²) in [5.74, 6) is 0.0618. The van der Waals surface area contributed by atoms with Gasteiger partial charge in [-0.05, 0) is 6.92 Å². The van der Waals surface area contributed by atoms with Crippen LogP contribution in [-0.4, -0.2) is 14.9 Å². The van der Waals surface area contributed by atoms with Crippen LogP contribution >= 0.6 is 0 Å². The SMILES string of the molecule is CCn1ccn(CCC(=O)c2ccccc2)c1=O. The van der Waals surface area contributed by atoms with Gasteiger partial charge in [0.15, 0.2) is 5.78 Å². The monoisotopic (exact) mass is 244 g/mol. The van der Waals surface area contributed by atoms with Crippen molar-refractivity contribution >= 4 is 5.78 Å². The van der Waals surface area contributed by atoms with Gasteiger partial charge in [0.25, 0.3) is 0 Å². The number of Topliss-reactive ketones (excluding diaryl/α,β-unsaturated/α-hetero) is 1. The zero-order chi connectivity index (χ0) is 13.0. The van der Waals surface area contributed by atoms with Gasteiger partial charge in [-0.25, -0.2) is 4.79 Å². The summed E-state index contributed by atoms with van der Waals surface area (Å²) in [5.41, 5.74) is 0.638.